The first kappa shape index (κ1) is 16.0. The summed E-state index contributed by atoms with van der Waals surface area (Å²) in [5.41, 5.74) is 2.38. The van der Waals surface area contributed by atoms with Crippen molar-refractivity contribution < 1.29 is 9.26 Å². The summed E-state index contributed by atoms with van der Waals surface area (Å²) in [6.45, 7) is 3.30. The van der Waals surface area contributed by atoms with Gasteiger partial charge in [0.2, 0.25) is 11.7 Å². The summed E-state index contributed by atoms with van der Waals surface area (Å²) >= 11 is 0. The van der Waals surface area contributed by atoms with Gasteiger partial charge in [0.1, 0.15) is 19.3 Å². The topological polar surface area (TPSA) is 97.2 Å². The summed E-state index contributed by atoms with van der Waals surface area (Å²) in [7, 11) is 1.92. The minimum Gasteiger partial charge on any atom is -0.455 e. The van der Waals surface area contributed by atoms with Gasteiger partial charge in [-0.2, -0.15) is 9.62 Å². The minimum atomic E-state index is 0.0555. The molecule has 27 heavy (non-hydrogen) atoms. The zero-order chi connectivity index (χ0) is 18.4. The first-order chi connectivity index (χ1) is 13.1. The number of rotatable bonds is 5. The van der Waals surface area contributed by atoms with Crippen LogP contribution in [0.1, 0.15) is 31.7 Å². The van der Waals surface area contributed by atoms with Crippen molar-refractivity contribution in [2.45, 2.75) is 31.6 Å². The van der Waals surface area contributed by atoms with E-state index in [4.69, 9.17) is 14.4 Å². The lowest BCUT2D eigenvalue weighted by atomic mass is 9.66. The molecule has 0 saturated heterocycles. The maximum absolute atomic E-state index is 6.12. The van der Waals surface area contributed by atoms with Crippen molar-refractivity contribution in [1.29, 1.82) is 0 Å². The number of hydrazone groups is 1. The van der Waals surface area contributed by atoms with Crippen LogP contribution in [0.15, 0.2) is 28.0 Å². The van der Waals surface area contributed by atoms with E-state index < -0.39 is 0 Å². The molecule has 4 heterocycles. The van der Waals surface area contributed by atoms with Crippen molar-refractivity contribution in [3.8, 4) is 17.4 Å². The van der Waals surface area contributed by atoms with Gasteiger partial charge < -0.3 is 14.2 Å². The molecular formula is C17H20N8O2. The van der Waals surface area contributed by atoms with E-state index >= 15 is 0 Å². The van der Waals surface area contributed by atoms with E-state index in [1.807, 2.05) is 23.0 Å². The molecule has 140 valence electrons. The standard InChI is InChI=1S/C17H20N8O2/c1-17(5-3-6-17)12-8-14-19-20-15(13-4-7-27-22-13)25(14)21-16(12)26-11-24-9-18-23(2)10-24/h4,7-9H,3,5-6,10-11H2,1-2H3. The van der Waals surface area contributed by atoms with Gasteiger partial charge in [0, 0.05) is 18.7 Å². The quantitative estimate of drug-likeness (QED) is 0.671. The van der Waals surface area contributed by atoms with Crippen LogP contribution in [0.2, 0.25) is 0 Å². The third-order valence-corrected chi connectivity index (χ3v) is 5.30. The zero-order valence-corrected chi connectivity index (χ0v) is 15.2. The van der Waals surface area contributed by atoms with E-state index in [1.165, 1.54) is 12.7 Å². The highest BCUT2D eigenvalue weighted by Crippen LogP contribution is 2.46. The van der Waals surface area contributed by atoms with E-state index in [0.717, 1.165) is 18.4 Å². The largest absolute Gasteiger partial charge is 0.455 e. The molecule has 3 aromatic rings. The maximum atomic E-state index is 6.12. The summed E-state index contributed by atoms with van der Waals surface area (Å²) in [6.07, 6.45) is 6.70. The Balaban J connectivity index is 1.54. The normalized spacial score (nSPS) is 18.3. The number of ether oxygens (including phenoxy) is 1. The van der Waals surface area contributed by atoms with Gasteiger partial charge in [-0.05, 0) is 24.3 Å². The molecule has 10 nitrogen and oxygen atoms in total. The number of hydrogen-bond donors (Lipinski definition) is 0. The van der Waals surface area contributed by atoms with E-state index in [1.54, 1.807) is 16.9 Å². The first-order valence-corrected chi connectivity index (χ1v) is 8.92. The first-order valence-electron chi connectivity index (χ1n) is 8.92. The van der Waals surface area contributed by atoms with Crippen LogP contribution < -0.4 is 4.74 Å². The Morgan fingerprint density at radius 1 is 1.30 bits per heavy atom. The number of fused-ring (bicyclic) bond motifs is 1. The van der Waals surface area contributed by atoms with Crippen LogP contribution >= 0.6 is 0 Å². The number of aromatic nitrogens is 5. The molecule has 10 heteroatoms. The van der Waals surface area contributed by atoms with Crippen LogP contribution in [0, 0.1) is 0 Å². The monoisotopic (exact) mass is 368 g/mol. The van der Waals surface area contributed by atoms with E-state index in [-0.39, 0.29) is 5.41 Å². The summed E-state index contributed by atoms with van der Waals surface area (Å²) in [5, 5.41) is 23.2. The Labute approximate surface area is 155 Å². The molecule has 5 rings (SSSR count). The smallest absolute Gasteiger partial charge is 0.237 e. The lowest BCUT2D eigenvalue weighted by Crippen LogP contribution is -2.33. The molecule has 0 aromatic carbocycles. The second kappa shape index (κ2) is 5.93. The van der Waals surface area contributed by atoms with Crippen LogP contribution in [0.25, 0.3) is 17.2 Å². The zero-order valence-electron chi connectivity index (χ0n) is 15.2. The Morgan fingerprint density at radius 2 is 2.19 bits per heavy atom. The molecule has 0 amide bonds. The Morgan fingerprint density at radius 3 is 2.85 bits per heavy atom. The van der Waals surface area contributed by atoms with Crippen LogP contribution in [-0.4, -0.2) is 61.7 Å². The van der Waals surface area contributed by atoms with Gasteiger partial charge in [-0.15, -0.1) is 15.3 Å². The van der Waals surface area contributed by atoms with Crippen molar-refractivity contribution in [1.82, 2.24) is 34.9 Å². The van der Waals surface area contributed by atoms with Crippen molar-refractivity contribution in [2.75, 3.05) is 20.4 Å². The van der Waals surface area contributed by atoms with E-state index in [9.17, 15) is 0 Å². The Kier molecular flexibility index (Phi) is 3.52. The van der Waals surface area contributed by atoms with Crippen molar-refractivity contribution in [3.63, 3.8) is 0 Å². The van der Waals surface area contributed by atoms with Crippen LogP contribution in [0.3, 0.4) is 0 Å². The third kappa shape index (κ3) is 2.68. The molecule has 1 aliphatic carbocycles. The summed E-state index contributed by atoms with van der Waals surface area (Å²) in [5.74, 6) is 1.12. The van der Waals surface area contributed by atoms with Crippen molar-refractivity contribution >= 4 is 12.0 Å². The van der Waals surface area contributed by atoms with Gasteiger partial charge >= 0.3 is 0 Å². The van der Waals surface area contributed by atoms with Crippen LogP contribution in [0.4, 0.5) is 0 Å². The lowest BCUT2D eigenvalue weighted by Gasteiger charge is -2.39. The van der Waals surface area contributed by atoms with Crippen LogP contribution in [-0.2, 0) is 5.41 Å². The highest BCUT2D eigenvalue weighted by Gasteiger charge is 2.37. The lowest BCUT2D eigenvalue weighted by molar-refractivity contribution is 0.150. The van der Waals surface area contributed by atoms with Crippen molar-refractivity contribution in [2.24, 2.45) is 5.10 Å². The fourth-order valence-corrected chi connectivity index (χ4v) is 3.53. The van der Waals surface area contributed by atoms with Crippen molar-refractivity contribution in [3.05, 3.63) is 24.0 Å². The molecule has 0 radical (unpaired) electrons. The molecule has 0 bridgehead atoms. The minimum absolute atomic E-state index is 0.0555. The molecule has 0 atom stereocenters. The molecule has 1 fully saturated rings. The maximum Gasteiger partial charge on any atom is 0.237 e. The second-order valence-corrected chi connectivity index (χ2v) is 7.35. The number of hydrogen-bond acceptors (Lipinski definition) is 9. The fourth-order valence-electron chi connectivity index (χ4n) is 3.53. The predicted molar refractivity (Wildman–Crippen MR) is 95.9 cm³/mol. The van der Waals surface area contributed by atoms with Gasteiger partial charge in [-0.1, -0.05) is 18.5 Å². The summed E-state index contributed by atoms with van der Waals surface area (Å²) in [4.78, 5) is 1.98. The third-order valence-electron chi connectivity index (χ3n) is 5.30. The average molecular weight is 368 g/mol. The van der Waals surface area contributed by atoms with Gasteiger partial charge in [-0.25, -0.2) is 0 Å². The molecular weight excluding hydrogens is 348 g/mol. The number of nitrogens with zero attached hydrogens (tertiary/aromatic N) is 8. The highest BCUT2D eigenvalue weighted by atomic mass is 16.5. The fraction of sp³-hybridized carbons (Fsp3) is 0.471. The SMILES string of the molecule is CN1CN(COc2nn3c(-c4ccon4)nnc3cc2C2(C)CCC2)C=N1. The van der Waals surface area contributed by atoms with E-state index in [0.29, 0.717) is 36.4 Å². The summed E-state index contributed by atoms with van der Waals surface area (Å²) in [6, 6.07) is 3.76. The van der Waals surface area contributed by atoms with Gasteiger partial charge in [0.05, 0.1) is 0 Å². The summed E-state index contributed by atoms with van der Waals surface area (Å²) < 4.78 is 12.7. The van der Waals surface area contributed by atoms with Crippen LogP contribution in [0.5, 0.6) is 5.88 Å². The van der Waals surface area contributed by atoms with Gasteiger partial charge in [0.15, 0.2) is 18.1 Å². The predicted octanol–water partition coefficient (Wildman–Crippen LogP) is 1.71. The Hall–Kier alpha value is -3.17. The second-order valence-electron chi connectivity index (χ2n) is 7.35. The van der Waals surface area contributed by atoms with Gasteiger partial charge in [-0.3, -0.25) is 5.01 Å². The van der Waals surface area contributed by atoms with Gasteiger partial charge in [0.25, 0.3) is 0 Å². The molecule has 3 aromatic heterocycles. The molecule has 0 N–H and O–H groups in total. The molecule has 2 aliphatic rings. The molecule has 0 spiro atoms. The van der Waals surface area contributed by atoms with E-state index in [2.05, 4.69) is 27.4 Å². The molecule has 1 saturated carbocycles. The molecule has 1 aliphatic heterocycles. The molecule has 0 unspecified atom stereocenters. The highest BCUT2D eigenvalue weighted by molar-refractivity contribution is 5.57. The average Bonchev–Trinajstić information content (AvgIpc) is 3.37. The Bertz CT molecular complexity index is 992.